The highest BCUT2D eigenvalue weighted by Crippen LogP contribution is 2.16. The van der Waals surface area contributed by atoms with Crippen molar-refractivity contribution in [3.05, 3.63) is 76.1 Å². The van der Waals surface area contributed by atoms with Crippen molar-refractivity contribution in [3.8, 4) is 0 Å². The maximum Gasteiger partial charge on any atom is 0.251 e. The van der Waals surface area contributed by atoms with Crippen LogP contribution in [0.2, 0.25) is 0 Å². The standard InChI is InChI=1S/C19H17N3O3/c1-12-9-14-7-8-15(10-16(14)22-18(12)24)21-17(23)11-20-19(25)13-5-3-2-4-6-13/h2-10H,11H2,1H3,(H,20,25)(H,21,23)(H,22,24). The third-order valence-electron chi connectivity index (χ3n) is 3.76. The summed E-state index contributed by atoms with van der Waals surface area (Å²) < 4.78 is 0. The number of hydrogen-bond acceptors (Lipinski definition) is 3. The van der Waals surface area contributed by atoms with Crippen molar-refractivity contribution in [1.82, 2.24) is 10.3 Å². The highest BCUT2D eigenvalue weighted by Gasteiger charge is 2.08. The van der Waals surface area contributed by atoms with E-state index in [1.807, 2.05) is 12.1 Å². The number of aromatic nitrogens is 1. The highest BCUT2D eigenvalue weighted by atomic mass is 16.2. The first kappa shape index (κ1) is 16.4. The molecule has 0 fully saturated rings. The lowest BCUT2D eigenvalue weighted by Crippen LogP contribution is -2.32. The molecule has 3 aromatic rings. The fourth-order valence-electron chi connectivity index (χ4n) is 2.45. The third kappa shape index (κ3) is 3.92. The molecule has 0 aliphatic carbocycles. The number of benzene rings is 2. The second-order valence-corrected chi connectivity index (χ2v) is 5.68. The molecule has 0 aliphatic rings. The molecule has 1 heterocycles. The summed E-state index contributed by atoms with van der Waals surface area (Å²) in [5.41, 5.74) is 2.15. The van der Waals surface area contributed by atoms with Gasteiger partial charge in [-0.3, -0.25) is 14.4 Å². The van der Waals surface area contributed by atoms with Crippen LogP contribution in [-0.4, -0.2) is 23.3 Å². The minimum atomic E-state index is -0.349. The molecule has 0 saturated heterocycles. The average Bonchev–Trinajstić information content (AvgIpc) is 2.61. The zero-order valence-electron chi connectivity index (χ0n) is 13.6. The summed E-state index contributed by atoms with van der Waals surface area (Å²) in [6.07, 6.45) is 0. The van der Waals surface area contributed by atoms with Crippen LogP contribution in [0.5, 0.6) is 0 Å². The lowest BCUT2D eigenvalue weighted by Gasteiger charge is -2.08. The van der Waals surface area contributed by atoms with Gasteiger partial charge >= 0.3 is 0 Å². The molecule has 1 aromatic heterocycles. The van der Waals surface area contributed by atoms with Gasteiger partial charge in [0.15, 0.2) is 0 Å². The summed E-state index contributed by atoms with van der Waals surface area (Å²) in [5, 5.41) is 6.15. The van der Waals surface area contributed by atoms with Gasteiger partial charge < -0.3 is 15.6 Å². The summed E-state index contributed by atoms with van der Waals surface area (Å²) in [6, 6.07) is 15.7. The number of rotatable bonds is 4. The van der Waals surface area contributed by atoms with Crippen LogP contribution >= 0.6 is 0 Å². The van der Waals surface area contributed by atoms with Gasteiger partial charge in [-0.25, -0.2) is 0 Å². The Morgan fingerprint density at radius 3 is 2.56 bits per heavy atom. The van der Waals surface area contributed by atoms with Crippen LogP contribution in [0.3, 0.4) is 0 Å². The smallest absolute Gasteiger partial charge is 0.251 e. The first-order valence-electron chi connectivity index (χ1n) is 7.80. The monoisotopic (exact) mass is 335 g/mol. The largest absolute Gasteiger partial charge is 0.343 e. The maximum absolute atomic E-state index is 12.0. The number of amides is 2. The van der Waals surface area contributed by atoms with Crippen LogP contribution in [0.15, 0.2) is 59.4 Å². The molecule has 126 valence electrons. The van der Waals surface area contributed by atoms with E-state index in [9.17, 15) is 14.4 Å². The zero-order valence-corrected chi connectivity index (χ0v) is 13.6. The zero-order chi connectivity index (χ0) is 17.8. The summed E-state index contributed by atoms with van der Waals surface area (Å²) in [5.74, 6) is -0.660. The maximum atomic E-state index is 12.0. The topological polar surface area (TPSA) is 91.1 Å². The second kappa shape index (κ2) is 7.00. The van der Waals surface area contributed by atoms with E-state index in [2.05, 4.69) is 15.6 Å². The molecule has 0 saturated carbocycles. The molecule has 25 heavy (non-hydrogen) atoms. The quantitative estimate of drug-likeness (QED) is 0.683. The molecule has 6 nitrogen and oxygen atoms in total. The van der Waals surface area contributed by atoms with Gasteiger partial charge in [0, 0.05) is 16.8 Å². The van der Waals surface area contributed by atoms with E-state index in [0.717, 1.165) is 5.39 Å². The van der Waals surface area contributed by atoms with Crippen LogP contribution in [0.4, 0.5) is 5.69 Å². The number of nitrogens with one attached hydrogen (secondary N) is 3. The minimum Gasteiger partial charge on any atom is -0.343 e. The molecule has 0 atom stereocenters. The molecule has 3 N–H and O–H groups in total. The number of aromatic amines is 1. The Morgan fingerprint density at radius 2 is 1.80 bits per heavy atom. The van der Waals surface area contributed by atoms with Crippen LogP contribution in [-0.2, 0) is 4.79 Å². The fourth-order valence-corrected chi connectivity index (χ4v) is 2.45. The molecule has 0 unspecified atom stereocenters. The van der Waals surface area contributed by atoms with Crippen LogP contribution < -0.4 is 16.2 Å². The van der Waals surface area contributed by atoms with Gasteiger partial charge in [-0.1, -0.05) is 24.3 Å². The predicted octanol–water partition coefficient (Wildman–Crippen LogP) is 2.21. The Kier molecular flexibility index (Phi) is 4.61. The molecule has 0 aliphatic heterocycles. The molecular formula is C19H17N3O3. The average molecular weight is 335 g/mol. The van der Waals surface area contributed by atoms with Crippen molar-refractivity contribution in [1.29, 1.82) is 0 Å². The van der Waals surface area contributed by atoms with E-state index >= 15 is 0 Å². The fraction of sp³-hybridized carbons (Fsp3) is 0.105. The lowest BCUT2D eigenvalue weighted by atomic mass is 10.1. The number of carbonyl (C=O) groups excluding carboxylic acids is 2. The number of anilines is 1. The number of H-pyrrole nitrogens is 1. The molecule has 6 heteroatoms. The Bertz CT molecular complexity index is 994. The van der Waals surface area contributed by atoms with Crippen LogP contribution in [0.25, 0.3) is 10.9 Å². The van der Waals surface area contributed by atoms with Gasteiger partial charge in [-0.05, 0) is 42.6 Å². The Hall–Kier alpha value is -3.41. The van der Waals surface area contributed by atoms with E-state index < -0.39 is 0 Å². The summed E-state index contributed by atoms with van der Waals surface area (Å²) in [4.78, 5) is 38.4. The molecule has 0 radical (unpaired) electrons. The van der Waals surface area contributed by atoms with Gasteiger partial charge in [0.2, 0.25) is 5.91 Å². The van der Waals surface area contributed by atoms with Gasteiger partial charge in [-0.2, -0.15) is 0 Å². The Morgan fingerprint density at radius 1 is 1.04 bits per heavy atom. The molecule has 2 amide bonds. The van der Waals surface area contributed by atoms with Crippen molar-refractivity contribution < 1.29 is 9.59 Å². The predicted molar refractivity (Wildman–Crippen MR) is 96.7 cm³/mol. The van der Waals surface area contributed by atoms with E-state index in [4.69, 9.17) is 0 Å². The third-order valence-corrected chi connectivity index (χ3v) is 3.76. The summed E-state index contributed by atoms with van der Waals surface area (Å²) in [6.45, 7) is 1.60. The molecule has 0 bridgehead atoms. The Labute approximate surface area is 143 Å². The molecule has 3 rings (SSSR count). The number of hydrogen-bond donors (Lipinski definition) is 3. The number of fused-ring (bicyclic) bond motifs is 1. The second-order valence-electron chi connectivity index (χ2n) is 5.68. The molecule has 0 spiro atoms. The van der Waals surface area contributed by atoms with E-state index in [1.165, 1.54) is 0 Å². The van der Waals surface area contributed by atoms with E-state index in [1.54, 1.807) is 49.4 Å². The first-order chi connectivity index (χ1) is 12.0. The number of carbonyl (C=O) groups is 2. The van der Waals surface area contributed by atoms with Crippen LogP contribution in [0, 0.1) is 6.92 Å². The Balaban J connectivity index is 1.65. The van der Waals surface area contributed by atoms with Gasteiger partial charge in [-0.15, -0.1) is 0 Å². The van der Waals surface area contributed by atoms with Crippen molar-refractivity contribution in [2.75, 3.05) is 11.9 Å². The first-order valence-corrected chi connectivity index (χ1v) is 7.80. The number of aryl methyl sites for hydroxylation is 1. The summed E-state index contributed by atoms with van der Waals surface area (Å²) in [7, 11) is 0. The van der Waals surface area contributed by atoms with Crippen molar-refractivity contribution in [2.24, 2.45) is 0 Å². The summed E-state index contributed by atoms with van der Waals surface area (Å²) >= 11 is 0. The van der Waals surface area contributed by atoms with Crippen molar-refractivity contribution >= 4 is 28.4 Å². The minimum absolute atomic E-state index is 0.143. The van der Waals surface area contributed by atoms with E-state index in [0.29, 0.717) is 22.3 Å². The van der Waals surface area contributed by atoms with Gasteiger partial charge in [0.05, 0.1) is 12.1 Å². The van der Waals surface area contributed by atoms with Crippen molar-refractivity contribution in [2.45, 2.75) is 6.92 Å². The molecular weight excluding hydrogens is 318 g/mol. The van der Waals surface area contributed by atoms with E-state index in [-0.39, 0.29) is 23.9 Å². The SMILES string of the molecule is Cc1cc2ccc(NC(=O)CNC(=O)c3ccccc3)cc2[nH]c1=O. The van der Waals surface area contributed by atoms with Gasteiger partial charge in [0.25, 0.3) is 11.5 Å². The van der Waals surface area contributed by atoms with Gasteiger partial charge in [0.1, 0.15) is 0 Å². The lowest BCUT2D eigenvalue weighted by molar-refractivity contribution is -0.115. The van der Waals surface area contributed by atoms with Crippen molar-refractivity contribution in [3.63, 3.8) is 0 Å². The van der Waals surface area contributed by atoms with Crippen LogP contribution in [0.1, 0.15) is 15.9 Å². The normalized spacial score (nSPS) is 10.4. The number of pyridine rings is 1. The molecule has 2 aromatic carbocycles. The highest BCUT2D eigenvalue weighted by molar-refractivity contribution is 6.00.